The summed E-state index contributed by atoms with van der Waals surface area (Å²) in [7, 11) is 0. The van der Waals surface area contributed by atoms with Crippen LogP contribution in [0, 0.1) is 5.92 Å². The maximum atomic E-state index is 13.1. The van der Waals surface area contributed by atoms with Crippen LogP contribution in [0.5, 0.6) is 5.75 Å². The van der Waals surface area contributed by atoms with Gasteiger partial charge in [0.1, 0.15) is 5.75 Å². The van der Waals surface area contributed by atoms with Gasteiger partial charge in [-0.25, -0.2) is 0 Å². The molecule has 2 fully saturated rings. The van der Waals surface area contributed by atoms with Gasteiger partial charge < -0.3 is 21.3 Å². The van der Waals surface area contributed by atoms with Gasteiger partial charge in [-0.05, 0) is 73.9 Å². The Bertz CT molecular complexity index is 1160. The first kappa shape index (κ1) is 20.9. The van der Waals surface area contributed by atoms with Crippen LogP contribution in [0.4, 0.5) is 5.69 Å². The number of nitrogens with one attached hydrogen (secondary N) is 1. The minimum absolute atomic E-state index is 0.0777. The third-order valence-electron chi connectivity index (χ3n) is 6.79. The molecule has 6 heteroatoms. The average molecular weight is 432 g/mol. The molecule has 5 rings (SSSR count). The molecule has 0 radical (unpaired) electrons. The Labute approximate surface area is 187 Å². The average Bonchev–Trinajstić information content (AvgIpc) is 3.66. The number of nitrogens with zero attached hydrogens (tertiary/aromatic N) is 1. The van der Waals surface area contributed by atoms with Crippen molar-refractivity contribution in [3.05, 3.63) is 53.7 Å². The number of rotatable bonds is 6. The van der Waals surface area contributed by atoms with Crippen LogP contribution < -0.4 is 11.1 Å². The second-order valence-electron chi connectivity index (χ2n) is 9.17. The van der Waals surface area contributed by atoms with Crippen molar-refractivity contribution in [2.75, 3.05) is 5.32 Å². The van der Waals surface area contributed by atoms with Crippen LogP contribution in [0.25, 0.3) is 22.0 Å². The smallest absolute Gasteiger partial charge is 0.169 e. The first-order chi connectivity index (χ1) is 15.5. The minimum atomic E-state index is -0.231. The van der Waals surface area contributed by atoms with E-state index in [4.69, 9.17) is 5.73 Å². The summed E-state index contributed by atoms with van der Waals surface area (Å²) in [6.45, 7) is -0.231. The zero-order chi connectivity index (χ0) is 22.2. The molecule has 6 nitrogen and oxygen atoms in total. The standard InChI is InChI=1S/C26H29N3O3/c27-19-5-7-20(8-6-19)29-25-21-12-17(16-4-10-24(31)18(11-16)14-30)3-9-23(21)28-13-22(25)26(32)15-1-2-15/h3-4,9-13,15,19-20,30-31H,1-2,5-8,14,27H2,(H,28,29)/t19-,20+. The highest BCUT2D eigenvalue weighted by Gasteiger charge is 2.33. The van der Waals surface area contributed by atoms with Crippen LogP contribution in [-0.2, 0) is 6.61 Å². The number of anilines is 1. The van der Waals surface area contributed by atoms with E-state index in [2.05, 4.69) is 16.4 Å². The summed E-state index contributed by atoms with van der Waals surface area (Å²) in [4.78, 5) is 17.7. The lowest BCUT2D eigenvalue weighted by Crippen LogP contribution is -2.33. The number of carbonyl (C=O) groups excluding carboxylic acids is 1. The molecule has 2 aliphatic carbocycles. The molecule has 0 saturated heterocycles. The molecule has 0 unspecified atom stereocenters. The van der Waals surface area contributed by atoms with Gasteiger partial charge >= 0.3 is 0 Å². The first-order valence-electron chi connectivity index (χ1n) is 11.5. The fourth-order valence-corrected chi connectivity index (χ4v) is 4.64. The number of aliphatic hydroxyl groups is 1. The zero-order valence-electron chi connectivity index (χ0n) is 18.1. The van der Waals surface area contributed by atoms with E-state index in [1.54, 1.807) is 18.3 Å². The highest BCUT2D eigenvalue weighted by molar-refractivity contribution is 6.10. The number of Topliss-reactive ketones (excluding diaryl/α,β-unsaturated/α-hetero) is 1. The Hall–Kier alpha value is -2.96. The Morgan fingerprint density at radius 1 is 1.03 bits per heavy atom. The van der Waals surface area contributed by atoms with Crippen molar-refractivity contribution >= 4 is 22.4 Å². The lowest BCUT2D eigenvalue weighted by atomic mass is 9.91. The largest absolute Gasteiger partial charge is 0.508 e. The van der Waals surface area contributed by atoms with Crippen molar-refractivity contribution in [3.8, 4) is 16.9 Å². The molecule has 1 heterocycles. The fraction of sp³-hybridized carbons (Fsp3) is 0.385. The van der Waals surface area contributed by atoms with Gasteiger partial charge in [0.2, 0.25) is 0 Å². The van der Waals surface area contributed by atoms with Gasteiger partial charge in [0.15, 0.2) is 5.78 Å². The van der Waals surface area contributed by atoms with Crippen LogP contribution >= 0.6 is 0 Å². The lowest BCUT2D eigenvalue weighted by molar-refractivity contribution is 0.0968. The maximum Gasteiger partial charge on any atom is 0.169 e. The van der Waals surface area contributed by atoms with Crippen molar-refractivity contribution in [3.63, 3.8) is 0 Å². The van der Waals surface area contributed by atoms with Crippen LogP contribution in [0.3, 0.4) is 0 Å². The summed E-state index contributed by atoms with van der Waals surface area (Å²) >= 11 is 0. The van der Waals surface area contributed by atoms with E-state index < -0.39 is 0 Å². The van der Waals surface area contributed by atoms with Gasteiger partial charge in [0.25, 0.3) is 0 Å². The quantitative estimate of drug-likeness (QED) is 0.432. The SMILES string of the molecule is N[C@H]1CC[C@@H](Nc2c(C(=O)C3CC3)cnc3ccc(-c4ccc(O)c(CO)c4)cc23)CC1. The van der Waals surface area contributed by atoms with E-state index in [-0.39, 0.29) is 36.1 Å². The number of hydrogen-bond acceptors (Lipinski definition) is 6. The molecule has 0 bridgehead atoms. The zero-order valence-corrected chi connectivity index (χ0v) is 18.1. The summed E-state index contributed by atoms with van der Waals surface area (Å²) in [5, 5.41) is 24.1. The minimum Gasteiger partial charge on any atom is -0.508 e. The number of pyridine rings is 1. The Balaban J connectivity index is 1.60. The van der Waals surface area contributed by atoms with Gasteiger partial charge in [-0.2, -0.15) is 0 Å². The number of phenols is 1. The number of hydrogen-bond donors (Lipinski definition) is 4. The highest BCUT2D eigenvalue weighted by atomic mass is 16.3. The second-order valence-corrected chi connectivity index (χ2v) is 9.17. The molecule has 32 heavy (non-hydrogen) atoms. The van der Waals surface area contributed by atoms with Crippen LogP contribution in [0.2, 0.25) is 0 Å². The molecule has 0 aliphatic heterocycles. The van der Waals surface area contributed by atoms with Gasteiger partial charge in [0.05, 0.1) is 23.4 Å². The van der Waals surface area contributed by atoms with Crippen molar-refractivity contribution in [2.24, 2.45) is 11.7 Å². The number of carbonyl (C=O) groups is 1. The van der Waals surface area contributed by atoms with Crippen LogP contribution in [0.1, 0.15) is 54.4 Å². The molecule has 2 aromatic carbocycles. The number of nitrogens with two attached hydrogens (primary N) is 1. The molecule has 3 aromatic rings. The molecule has 5 N–H and O–H groups in total. The lowest BCUT2D eigenvalue weighted by Gasteiger charge is -2.29. The number of fused-ring (bicyclic) bond motifs is 1. The number of aliphatic hydroxyl groups excluding tert-OH is 1. The fourth-order valence-electron chi connectivity index (χ4n) is 4.64. The maximum absolute atomic E-state index is 13.1. The van der Waals surface area contributed by atoms with Gasteiger partial charge in [0, 0.05) is 35.1 Å². The molecule has 1 aromatic heterocycles. The third-order valence-corrected chi connectivity index (χ3v) is 6.79. The highest BCUT2D eigenvalue weighted by Crippen LogP contribution is 2.38. The topological polar surface area (TPSA) is 108 Å². The number of ketones is 1. The van der Waals surface area contributed by atoms with Crippen LogP contribution in [0.15, 0.2) is 42.6 Å². The number of benzene rings is 2. The molecule has 0 spiro atoms. The monoisotopic (exact) mass is 431 g/mol. The summed E-state index contributed by atoms with van der Waals surface area (Å²) in [5.41, 5.74) is 10.8. The summed E-state index contributed by atoms with van der Waals surface area (Å²) < 4.78 is 0. The van der Waals surface area contributed by atoms with Gasteiger partial charge in [-0.3, -0.25) is 9.78 Å². The van der Waals surface area contributed by atoms with E-state index in [1.165, 1.54) is 0 Å². The summed E-state index contributed by atoms with van der Waals surface area (Å²) in [6.07, 6.45) is 7.56. The molecule has 0 atom stereocenters. The first-order valence-corrected chi connectivity index (χ1v) is 11.5. The summed E-state index contributed by atoms with van der Waals surface area (Å²) in [6, 6.07) is 11.8. The van der Waals surface area contributed by atoms with Crippen molar-refractivity contribution in [1.82, 2.24) is 4.98 Å². The second kappa shape index (κ2) is 8.52. The molecule has 2 saturated carbocycles. The van der Waals surface area contributed by atoms with Crippen LogP contribution in [-0.4, -0.2) is 33.1 Å². The van der Waals surface area contributed by atoms with E-state index in [0.29, 0.717) is 11.1 Å². The predicted molar refractivity (Wildman–Crippen MR) is 126 cm³/mol. The molecule has 166 valence electrons. The molecular weight excluding hydrogens is 402 g/mol. The Morgan fingerprint density at radius 2 is 1.75 bits per heavy atom. The van der Waals surface area contributed by atoms with E-state index >= 15 is 0 Å². The van der Waals surface area contributed by atoms with E-state index in [9.17, 15) is 15.0 Å². The van der Waals surface area contributed by atoms with Crippen molar-refractivity contribution in [2.45, 2.75) is 57.2 Å². The number of aromatic nitrogens is 1. The Kier molecular flexibility index (Phi) is 5.57. The van der Waals surface area contributed by atoms with E-state index in [0.717, 1.165) is 66.2 Å². The third kappa shape index (κ3) is 4.08. The van der Waals surface area contributed by atoms with Gasteiger partial charge in [-0.15, -0.1) is 0 Å². The number of aromatic hydroxyl groups is 1. The van der Waals surface area contributed by atoms with E-state index in [1.807, 2.05) is 18.2 Å². The molecular formula is C26H29N3O3. The normalized spacial score (nSPS) is 20.9. The molecule has 0 amide bonds. The van der Waals surface area contributed by atoms with Gasteiger partial charge in [-0.1, -0.05) is 12.1 Å². The summed E-state index contributed by atoms with van der Waals surface area (Å²) in [5.74, 6) is 0.364. The van der Waals surface area contributed by atoms with Crippen molar-refractivity contribution in [1.29, 1.82) is 0 Å². The van der Waals surface area contributed by atoms with Crippen molar-refractivity contribution < 1.29 is 15.0 Å². The Morgan fingerprint density at radius 3 is 2.47 bits per heavy atom. The predicted octanol–water partition coefficient (Wildman–Crippen LogP) is 4.37. The molecule has 2 aliphatic rings.